The van der Waals surface area contributed by atoms with Crippen LogP contribution in [0.1, 0.15) is 54.8 Å². The van der Waals surface area contributed by atoms with Crippen molar-refractivity contribution in [1.82, 2.24) is 10.2 Å². The molecular formula is C27H32N2O2. The van der Waals surface area contributed by atoms with Crippen LogP contribution in [-0.4, -0.2) is 36.7 Å². The normalized spacial score (nSPS) is 30.0. The highest BCUT2D eigenvalue weighted by Gasteiger charge is 2.53. The van der Waals surface area contributed by atoms with E-state index in [-0.39, 0.29) is 23.7 Å². The molecule has 4 fully saturated rings. The van der Waals surface area contributed by atoms with E-state index in [1.807, 2.05) is 0 Å². The Kier molecular flexibility index (Phi) is 4.60. The number of piperidine rings is 3. The van der Waals surface area contributed by atoms with Gasteiger partial charge in [0, 0.05) is 6.54 Å². The lowest BCUT2D eigenvalue weighted by molar-refractivity contribution is -0.0347. The predicted octanol–water partition coefficient (Wildman–Crippen LogP) is 5.25. The highest BCUT2D eigenvalue weighted by atomic mass is 16.6. The molecule has 7 rings (SSSR count). The van der Waals surface area contributed by atoms with Gasteiger partial charge in [-0.3, -0.25) is 4.90 Å². The molecule has 2 aromatic carbocycles. The van der Waals surface area contributed by atoms with E-state index in [1.165, 1.54) is 40.7 Å². The van der Waals surface area contributed by atoms with Crippen molar-refractivity contribution in [3.63, 3.8) is 0 Å². The zero-order valence-electron chi connectivity index (χ0n) is 18.4. The molecule has 5 aliphatic rings. The highest BCUT2D eigenvalue weighted by molar-refractivity contribution is 5.70. The van der Waals surface area contributed by atoms with Gasteiger partial charge < -0.3 is 10.1 Å². The lowest BCUT2D eigenvalue weighted by Gasteiger charge is -2.44. The van der Waals surface area contributed by atoms with Crippen LogP contribution >= 0.6 is 0 Å². The molecule has 1 spiro atoms. The molecule has 0 aromatic heterocycles. The summed E-state index contributed by atoms with van der Waals surface area (Å²) in [5.41, 5.74) is 6.64. The molecule has 1 N–H and O–H groups in total. The Morgan fingerprint density at radius 2 is 1.77 bits per heavy atom. The van der Waals surface area contributed by atoms with Gasteiger partial charge in [0.15, 0.2) is 0 Å². The van der Waals surface area contributed by atoms with E-state index in [4.69, 9.17) is 4.74 Å². The number of aryl methyl sites for hydroxylation is 2. The van der Waals surface area contributed by atoms with Gasteiger partial charge in [-0.05, 0) is 98.2 Å². The first-order valence-corrected chi connectivity index (χ1v) is 12.0. The fourth-order valence-electron chi connectivity index (χ4n) is 6.14. The number of nitrogens with one attached hydrogen (secondary N) is 1. The number of nitrogens with zero attached hydrogens (tertiary/aromatic N) is 1. The van der Waals surface area contributed by atoms with Gasteiger partial charge >= 0.3 is 6.09 Å². The summed E-state index contributed by atoms with van der Waals surface area (Å²) in [6.07, 6.45) is 6.83. The summed E-state index contributed by atoms with van der Waals surface area (Å²) in [6, 6.07) is 15.6. The maximum Gasteiger partial charge on any atom is 0.407 e. The van der Waals surface area contributed by atoms with Gasteiger partial charge in [0.25, 0.3) is 0 Å². The van der Waals surface area contributed by atoms with Gasteiger partial charge in [0.2, 0.25) is 0 Å². The lowest BCUT2D eigenvalue weighted by Crippen LogP contribution is -2.53. The number of benzene rings is 2. The topological polar surface area (TPSA) is 41.6 Å². The van der Waals surface area contributed by atoms with Crippen LogP contribution in [0, 0.1) is 18.3 Å². The Labute approximate surface area is 185 Å². The molecular weight excluding hydrogens is 384 g/mol. The Morgan fingerprint density at radius 3 is 2.45 bits per heavy atom. The minimum absolute atomic E-state index is 0.0552. The number of ether oxygens (including phenoxy) is 1. The number of alkyl carbamates (subject to hydrolysis) is 1. The van der Waals surface area contributed by atoms with Crippen molar-refractivity contribution in [1.29, 1.82) is 0 Å². The third-order valence-electron chi connectivity index (χ3n) is 8.36. The van der Waals surface area contributed by atoms with E-state index in [0.29, 0.717) is 5.92 Å². The zero-order chi connectivity index (χ0) is 21.0. The lowest BCUT2D eigenvalue weighted by atomic mass is 9.76. The molecule has 1 unspecified atom stereocenters. The Hall–Kier alpha value is -2.33. The number of hydrogen-bond donors (Lipinski definition) is 1. The Bertz CT molecular complexity index is 987. The molecule has 1 amide bonds. The van der Waals surface area contributed by atoms with Crippen molar-refractivity contribution in [2.45, 2.75) is 57.6 Å². The first-order valence-electron chi connectivity index (χ1n) is 12.0. The van der Waals surface area contributed by atoms with E-state index in [2.05, 4.69) is 59.6 Å². The fourth-order valence-corrected chi connectivity index (χ4v) is 6.14. The number of fused-ring (bicyclic) bond motifs is 4. The van der Waals surface area contributed by atoms with Gasteiger partial charge in [-0.2, -0.15) is 0 Å². The van der Waals surface area contributed by atoms with Crippen molar-refractivity contribution < 1.29 is 9.53 Å². The van der Waals surface area contributed by atoms with Crippen molar-refractivity contribution in [3.05, 3.63) is 59.2 Å². The van der Waals surface area contributed by atoms with E-state index >= 15 is 0 Å². The number of amides is 1. The quantitative estimate of drug-likeness (QED) is 0.743. The summed E-state index contributed by atoms with van der Waals surface area (Å²) in [5, 5.41) is 3.34. The minimum atomic E-state index is -0.219. The van der Waals surface area contributed by atoms with Gasteiger partial charge in [-0.25, -0.2) is 4.79 Å². The van der Waals surface area contributed by atoms with E-state index in [1.54, 1.807) is 0 Å². The van der Waals surface area contributed by atoms with Crippen LogP contribution in [0.3, 0.4) is 0 Å². The third-order valence-corrected chi connectivity index (χ3v) is 8.36. The van der Waals surface area contributed by atoms with Crippen LogP contribution in [0.2, 0.25) is 0 Å². The van der Waals surface area contributed by atoms with Crippen LogP contribution in [0.25, 0.3) is 11.1 Å². The fraction of sp³-hybridized carbons (Fsp3) is 0.519. The van der Waals surface area contributed by atoms with Gasteiger partial charge in [0.1, 0.15) is 6.10 Å². The first kappa shape index (κ1) is 19.4. The molecule has 31 heavy (non-hydrogen) atoms. The summed E-state index contributed by atoms with van der Waals surface area (Å²) in [7, 11) is 0. The summed E-state index contributed by atoms with van der Waals surface area (Å²) < 4.78 is 6.00. The van der Waals surface area contributed by atoms with E-state index in [0.717, 1.165) is 45.3 Å². The molecule has 3 saturated heterocycles. The summed E-state index contributed by atoms with van der Waals surface area (Å²) in [4.78, 5) is 15.5. The number of hydrogen-bond acceptors (Lipinski definition) is 3. The van der Waals surface area contributed by atoms with Crippen LogP contribution < -0.4 is 5.32 Å². The second kappa shape index (κ2) is 7.37. The molecule has 2 atom stereocenters. The summed E-state index contributed by atoms with van der Waals surface area (Å²) in [5.74, 6) is 0.539. The number of carbonyl (C=O) groups excluding carboxylic acids is 1. The second-order valence-corrected chi connectivity index (χ2v) is 10.3. The molecule has 2 bridgehead atoms. The van der Waals surface area contributed by atoms with Crippen molar-refractivity contribution in [2.75, 3.05) is 19.6 Å². The minimum Gasteiger partial charge on any atom is -0.445 e. The van der Waals surface area contributed by atoms with Crippen molar-refractivity contribution in [3.8, 4) is 11.1 Å². The van der Waals surface area contributed by atoms with Crippen molar-refractivity contribution in [2.24, 2.45) is 11.3 Å². The van der Waals surface area contributed by atoms with Crippen LogP contribution in [0.4, 0.5) is 4.79 Å². The Morgan fingerprint density at radius 1 is 1.03 bits per heavy atom. The first-order chi connectivity index (χ1) is 15.1. The van der Waals surface area contributed by atoms with E-state index in [9.17, 15) is 4.79 Å². The third kappa shape index (κ3) is 3.55. The number of rotatable bonds is 3. The summed E-state index contributed by atoms with van der Waals surface area (Å²) >= 11 is 0. The zero-order valence-corrected chi connectivity index (χ0v) is 18.4. The largest absolute Gasteiger partial charge is 0.445 e. The molecule has 2 aromatic rings. The maximum absolute atomic E-state index is 13.0. The van der Waals surface area contributed by atoms with Crippen LogP contribution in [0.5, 0.6) is 0 Å². The average Bonchev–Trinajstić information content (AvgIpc) is 3.57. The molecule has 162 valence electrons. The molecule has 4 nitrogen and oxygen atoms in total. The molecule has 2 aliphatic carbocycles. The molecule has 1 saturated carbocycles. The predicted molar refractivity (Wildman–Crippen MR) is 122 cm³/mol. The van der Waals surface area contributed by atoms with Gasteiger partial charge in [0.05, 0.1) is 6.04 Å². The molecule has 3 heterocycles. The monoisotopic (exact) mass is 416 g/mol. The van der Waals surface area contributed by atoms with E-state index < -0.39 is 0 Å². The maximum atomic E-state index is 13.0. The highest BCUT2D eigenvalue weighted by Crippen LogP contribution is 2.61. The van der Waals surface area contributed by atoms with Gasteiger partial charge in [-0.15, -0.1) is 0 Å². The molecule has 4 heteroatoms. The molecule has 0 radical (unpaired) electrons. The Balaban J connectivity index is 1.25. The number of carbonyl (C=O) groups is 1. The molecule has 3 aliphatic heterocycles. The standard InChI is InChI=1S/C27H32N2O2/c1-18-2-4-19(5-3-18)22-7-6-20-8-11-27(12-13-27)25(23(20)16-22)28-26(30)31-24-17-29-14-9-21(24)10-15-29/h2-7,16,21,24-25H,8-15,17H2,1H3,(H,28,30)/t24-,25?/m0/s1. The SMILES string of the molecule is Cc1ccc(-c2ccc3c(c2)C(NC(=O)O[C@H]2CN4CCC2CC4)C2(CC3)CC2)cc1. The summed E-state index contributed by atoms with van der Waals surface area (Å²) in [6.45, 7) is 5.34. The van der Waals surface area contributed by atoms with Gasteiger partial charge in [-0.1, -0.05) is 42.0 Å². The van der Waals surface area contributed by atoms with Crippen LogP contribution in [-0.2, 0) is 11.2 Å². The second-order valence-electron chi connectivity index (χ2n) is 10.3. The van der Waals surface area contributed by atoms with Crippen molar-refractivity contribution >= 4 is 6.09 Å². The smallest absolute Gasteiger partial charge is 0.407 e. The van der Waals surface area contributed by atoms with Crippen LogP contribution in [0.15, 0.2) is 42.5 Å². The average molecular weight is 417 g/mol.